The third kappa shape index (κ3) is 4.44. The lowest BCUT2D eigenvalue weighted by Crippen LogP contribution is -2.60. The van der Waals surface area contributed by atoms with E-state index in [0.717, 1.165) is 38.5 Å². The first kappa shape index (κ1) is 26.3. The Labute approximate surface area is 234 Å². The van der Waals surface area contributed by atoms with Crippen molar-refractivity contribution < 1.29 is 9.59 Å². The minimum absolute atomic E-state index is 0.0322. The van der Waals surface area contributed by atoms with Crippen molar-refractivity contribution in [3.8, 4) is 0 Å². The standard InChI is InChI=1S/C35H44N2O2/c1-23-10-12-24(13-11-23)22-30(25-8-6-5-7-9-25)36-33(39)29-16-15-27-26-14-17-31-35(3,21-19-32(38)37(31)4)28(26)18-20-34(27,29)2/h5-13,19,21,26-31H,14-18,20,22H2,1-4H3,(H,36,39)/t26-,27-,28-,29+,30?,31+,34-,35+/m0/s1. The summed E-state index contributed by atoms with van der Waals surface area (Å²) in [4.78, 5) is 28.5. The molecule has 8 atom stereocenters. The van der Waals surface area contributed by atoms with Gasteiger partial charge >= 0.3 is 0 Å². The zero-order valence-electron chi connectivity index (χ0n) is 24.0. The summed E-state index contributed by atoms with van der Waals surface area (Å²) in [7, 11) is 1.98. The van der Waals surface area contributed by atoms with Crippen LogP contribution in [0.4, 0.5) is 0 Å². The number of hydrogen-bond donors (Lipinski definition) is 1. The number of carbonyl (C=O) groups is 2. The van der Waals surface area contributed by atoms with Gasteiger partial charge < -0.3 is 10.2 Å². The van der Waals surface area contributed by atoms with Gasteiger partial charge in [-0.3, -0.25) is 9.59 Å². The zero-order chi connectivity index (χ0) is 27.4. The highest BCUT2D eigenvalue weighted by Gasteiger charge is 2.61. The number of nitrogens with one attached hydrogen (secondary N) is 1. The maximum Gasteiger partial charge on any atom is 0.246 e. The fourth-order valence-electron chi connectivity index (χ4n) is 9.34. The molecule has 3 saturated carbocycles. The van der Waals surface area contributed by atoms with Gasteiger partial charge in [-0.25, -0.2) is 0 Å². The van der Waals surface area contributed by atoms with Gasteiger partial charge in [0.2, 0.25) is 11.8 Å². The van der Waals surface area contributed by atoms with E-state index in [-0.39, 0.29) is 34.6 Å². The van der Waals surface area contributed by atoms with Crippen molar-refractivity contribution >= 4 is 11.8 Å². The molecule has 1 aliphatic heterocycles. The number of amides is 2. The molecule has 4 nitrogen and oxygen atoms in total. The van der Waals surface area contributed by atoms with Crippen LogP contribution in [0.2, 0.25) is 0 Å². The SMILES string of the molecule is Cc1ccc(CC(NC(=O)[C@H]2CC[C@H]3[C@@H]4CC[C@H]5N(C)C(=O)C=C[C@]5(C)[C@H]4CC[C@]23C)c2ccccc2)cc1. The van der Waals surface area contributed by atoms with Crippen LogP contribution in [0.3, 0.4) is 0 Å². The minimum atomic E-state index is -0.0322. The van der Waals surface area contributed by atoms with E-state index in [1.807, 2.05) is 24.1 Å². The molecule has 6 rings (SSSR count). The van der Waals surface area contributed by atoms with Crippen molar-refractivity contribution in [1.29, 1.82) is 0 Å². The van der Waals surface area contributed by atoms with E-state index in [1.54, 1.807) is 0 Å². The molecule has 2 amide bonds. The van der Waals surface area contributed by atoms with E-state index in [4.69, 9.17) is 0 Å². The summed E-state index contributed by atoms with van der Waals surface area (Å²) in [5.74, 6) is 2.24. The van der Waals surface area contributed by atoms with Gasteiger partial charge in [0.15, 0.2) is 0 Å². The van der Waals surface area contributed by atoms with Crippen molar-refractivity contribution in [2.75, 3.05) is 7.05 Å². The predicted octanol–water partition coefficient (Wildman–Crippen LogP) is 6.65. The molecule has 1 heterocycles. The number of nitrogens with zero attached hydrogens (tertiary/aromatic N) is 1. The van der Waals surface area contributed by atoms with E-state index in [1.165, 1.54) is 23.1 Å². The molecular formula is C35H44N2O2. The molecule has 0 saturated heterocycles. The number of aryl methyl sites for hydroxylation is 1. The Balaban J connectivity index is 1.22. The summed E-state index contributed by atoms with van der Waals surface area (Å²) in [6.45, 7) is 6.93. The lowest BCUT2D eigenvalue weighted by Gasteiger charge is -2.60. The van der Waals surface area contributed by atoms with Gasteiger partial charge in [0, 0.05) is 24.4 Å². The number of benzene rings is 2. The highest BCUT2D eigenvalue weighted by Crippen LogP contribution is 2.65. The molecule has 0 radical (unpaired) electrons. The van der Waals surface area contributed by atoms with Gasteiger partial charge in [-0.2, -0.15) is 0 Å². The first-order valence-corrected chi connectivity index (χ1v) is 15.1. The summed E-state index contributed by atoms with van der Waals surface area (Å²) < 4.78 is 0. The molecular weight excluding hydrogens is 480 g/mol. The molecule has 0 bridgehead atoms. The van der Waals surface area contributed by atoms with Crippen LogP contribution in [0.15, 0.2) is 66.7 Å². The highest BCUT2D eigenvalue weighted by molar-refractivity contribution is 5.89. The van der Waals surface area contributed by atoms with Gasteiger partial charge in [0.1, 0.15) is 0 Å². The van der Waals surface area contributed by atoms with Crippen LogP contribution in [0.1, 0.15) is 75.1 Å². The van der Waals surface area contributed by atoms with Crippen molar-refractivity contribution in [2.45, 2.75) is 77.8 Å². The molecule has 0 spiro atoms. The smallest absolute Gasteiger partial charge is 0.246 e. The monoisotopic (exact) mass is 524 g/mol. The second-order valence-electron chi connectivity index (χ2n) is 13.5. The fourth-order valence-corrected chi connectivity index (χ4v) is 9.34. The predicted molar refractivity (Wildman–Crippen MR) is 156 cm³/mol. The Morgan fingerprint density at radius 1 is 0.974 bits per heavy atom. The van der Waals surface area contributed by atoms with Gasteiger partial charge in [0.05, 0.1) is 6.04 Å². The number of hydrogen-bond acceptors (Lipinski definition) is 2. The Hall–Kier alpha value is -2.88. The summed E-state index contributed by atoms with van der Waals surface area (Å²) in [6.07, 6.45) is 11.5. The van der Waals surface area contributed by atoms with Crippen molar-refractivity contribution in [3.63, 3.8) is 0 Å². The Bertz CT molecular complexity index is 1250. The fraction of sp³-hybridized carbons (Fsp3) is 0.543. The number of carbonyl (C=O) groups excluding carboxylic acids is 2. The van der Waals surface area contributed by atoms with Crippen molar-refractivity contribution in [2.24, 2.45) is 34.5 Å². The lowest BCUT2D eigenvalue weighted by molar-refractivity contribution is -0.142. The molecule has 2 aromatic carbocycles. The van der Waals surface area contributed by atoms with Crippen LogP contribution in [-0.2, 0) is 16.0 Å². The first-order valence-electron chi connectivity index (χ1n) is 15.1. The Morgan fingerprint density at radius 2 is 1.72 bits per heavy atom. The second-order valence-corrected chi connectivity index (χ2v) is 13.5. The second kappa shape index (κ2) is 9.94. The molecule has 1 unspecified atom stereocenters. The van der Waals surface area contributed by atoms with E-state index in [9.17, 15) is 9.59 Å². The molecule has 3 aliphatic carbocycles. The van der Waals surface area contributed by atoms with Crippen molar-refractivity contribution in [3.05, 3.63) is 83.4 Å². The average Bonchev–Trinajstić information content (AvgIpc) is 3.30. The Morgan fingerprint density at radius 3 is 2.46 bits per heavy atom. The van der Waals surface area contributed by atoms with Crippen LogP contribution in [-0.4, -0.2) is 29.8 Å². The molecule has 4 heteroatoms. The Kier molecular flexibility index (Phi) is 6.72. The minimum Gasteiger partial charge on any atom is -0.349 e. The normalized spacial score (nSPS) is 36.1. The maximum atomic E-state index is 14.1. The molecule has 3 fully saturated rings. The maximum absolute atomic E-state index is 14.1. The molecule has 0 aromatic heterocycles. The number of likely N-dealkylation sites (N-methyl/N-ethyl adjacent to an activating group) is 1. The quantitative estimate of drug-likeness (QED) is 0.476. The number of rotatable bonds is 5. The number of fused-ring (bicyclic) bond motifs is 5. The molecule has 2 aromatic rings. The van der Waals surface area contributed by atoms with Crippen LogP contribution in [0, 0.1) is 41.4 Å². The van der Waals surface area contributed by atoms with E-state index in [0.29, 0.717) is 23.8 Å². The lowest BCUT2D eigenvalue weighted by atomic mass is 9.47. The van der Waals surface area contributed by atoms with Crippen LogP contribution < -0.4 is 5.32 Å². The van der Waals surface area contributed by atoms with Crippen LogP contribution in [0.5, 0.6) is 0 Å². The summed E-state index contributed by atoms with van der Waals surface area (Å²) in [5, 5.41) is 3.54. The third-order valence-electron chi connectivity index (χ3n) is 11.5. The highest BCUT2D eigenvalue weighted by atomic mass is 16.2. The summed E-state index contributed by atoms with van der Waals surface area (Å²) in [5.41, 5.74) is 3.76. The summed E-state index contributed by atoms with van der Waals surface area (Å²) >= 11 is 0. The third-order valence-corrected chi connectivity index (χ3v) is 11.5. The first-order chi connectivity index (χ1) is 18.7. The largest absolute Gasteiger partial charge is 0.349 e. The van der Waals surface area contributed by atoms with E-state index in [2.05, 4.69) is 80.7 Å². The van der Waals surface area contributed by atoms with Gasteiger partial charge in [0.25, 0.3) is 0 Å². The van der Waals surface area contributed by atoms with E-state index >= 15 is 0 Å². The van der Waals surface area contributed by atoms with Crippen LogP contribution >= 0.6 is 0 Å². The topological polar surface area (TPSA) is 49.4 Å². The molecule has 39 heavy (non-hydrogen) atoms. The summed E-state index contributed by atoms with van der Waals surface area (Å²) in [6, 6.07) is 19.4. The average molecular weight is 525 g/mol. The molecule has 1 N–H and O–H groups in total. The van der Waals surface area contributed by atoms with E-state index < -0.39 is 0 Å². The van der Waals surface area contributed by atoms with Gasteiger partial charge in [-0.15, -0.1) is 0 Å². The van der Waals surface area contributed by atoms with Gasteiger partial charge in [-0.1, -0.05) is 80.1 Å². The molecule has 4 aliphatic rings. The zero-order valence-corrected chi connectivity index (χ0v) is 24.0. The van der Waals surface area contributed by atoms with Gasteiger partial charge in [-0.05, 0) is 92.2 Å². The molecule has 206 valence electrons. The van der Waals surface area contributed by atoms with Crippen molar-refractivity contribution in [1.82, 2.24) is 10.2 Å². The van der Waals surface area contributed by atoms with Crippen LogP contribution in [0.25, 0.3) is 0 Å².